The highest BCUT2D eigenvalue weighted by Gasteiger charge is 2.13. The average molecular weight is 293 g/mol. The number of pyridine rings is 1. The largest absolute Gasteiger partial charge is 0.350 e. The number of rotatable bonds is 5. The van der Waals surface area contributed by atoms with Crippen LogP contribution in [-0.4, -0.2) is 22.0 Å². The molecule has 2 heterocycles. The van der Waals surface area contributed by atoms with Crippen molar-refractivity contribution in [3.05, 3.63) is 66.1 Å². The van der Waals surface area contributed by atoms with Crippen molar-refractivity contribution in [1.82, 2.24) is 14.9 Å². The van der Waals surface area contributed by atoms with Crippen LogP contribution in [-0.2, 0) is 13.0 Å². The molecule has 112 valence electrons. The summed E-state index contributed by atoms with van der Waals surface area (Å²) in [5.41, 5.74) is 2.94. The number of amides is 1. The molecule has 4 nitrogen and oxygen atoms in total. The summed E-state index contributed by atoms with van der Waals surface area (Å²) in [5, 5.41) is 4.09. The predicted molar refractivity (Wildman–Crippen MR) is 87.9 cm³/mol. The minimum atomic E-state index is -0.0260. The van der Waals surface area contributed by atoms with Crippen LogP contribution in [0.15, 0.2) is 54.9 Å². The molecule has 0 bridgehead atoms. The third kappa shape index (κ3) is 2.86. The lowest BCUT2D eigenvalue weighted by Gasteiger charge is -2.08. The first-order valence-corrected chi connectivity index (χ1v) is 7.55. The van der Waals surface area contributed by atoms with Gasteiger partial charge in [0.1, 0.15) is 5.69 Å². The van der Waals surface area contributed by atoms with Crippen molar-refractivity contribution in [3.8, 4) is 0 Å². The third-order valence-corrected chi connectivity index (χ3v) is 3.78. The first-order chi connectivity index (χ1) is 10.8. The number of carbonyl (C=O) groups is 1. The van der Waals surface area contributed by atoms with Crippen LogP contribution in [0.5, 0.6) is 0 Å². The first-order valence-electron chi connectivity index (χ1n) is 7.55. The quantitative estimate of drug-likeness (QED) is 0.786. The second kappa shape index (κ2) is 6.43. The highest BCUT2D eigenvalue weighted by Crippen LogP contribution is 2.19. The predicted octanol–water partition coefficient (Wildman–Crippen LogP) is 3.03. The Morgan fingerprint density at radius 1 is 1.23 bits per heavy atom. The Morgan fingerprint density at radius 2 is 2.09 bits per heavy atom. The van der Waals surface area contributed by atoms with Crippen molar-refractivity contribution in [3.63, 3.8) is 0 Å². The molecule has 0 aliphatic rings. The zero-order chi connectivity index (χ0) is 15.4. The minimum Gasteiger partial charge on any atom is -0.350 e. The molecule has 0 aliphatic carbocycles. The van der Waals surface area contributed by atoms with Gasteiger partial charge in [-0.05, 0) is 37.1 Å². The summed E-state index contributed by atoms with van der Waals surface area (Å²) in [7, 11) is 0. The highest BCUT2D eigenvalue weighted by molar-refractivity contribution is 5.98. The van der Waals surface area contributed by atoms with Crippen LogP contribution in [0, 0.1) is 0 Å². The molecule has 0 saturated heterocycles. The maximum atomic E-state index is 12.4. The van der Waals surface area contributed by atoms with E-state index in [9.17, 15) is 4.79 Å². The minimum absolute atomic E-state index is 0.0260. The van der Waals surface area contributed by atoms with Crippen molar-refractivity contribution in [2.75, 3.05) is 6.54 Å². The van der Waals surface area contributed by atoms with E-state index in [0.29, 0.717) is 6.54 Å². The van der Waals surface area contributed by atoms with Crippen LogP contribution >= 0.6 is 0 Å². The van der Waals surface area contributed by atoms with E-state index in [-0.39, 0.29) is 5.91 Å². The summed E-state index contributed by atoms with van der Waals surface area (Å²) in [4.78, 5) is 16.5. The summed E-state index contributed by atoms with van der Waals surface area (Å²) < 4.78 is 2.05. The normalized spacial score (nSPS) is 10.8. The van der Waals surface area contributed by atoms with Gasteiger partial charge in [0, 0.05) is 36.4 Å². The molecule has 0 saturated carbocycles. The fourth-order valence-corrected chi connectivity index (χ4v) is 2.70. The van der Waals surface area contributed by atoms with Crippen LogP contribution in [0.4, 0.5) is 0 Å². The second-order valence-electron chi connectivity index (χ2n) is 5.20. The summed E-state index contributed by atoms with van der Waals surface area (Å²) in [6.45, 7) is 3.44. The standard InChI is InChI=1S/C18H19N3O/c1-2-21-16-8-4-3-7-15(16)12-17(21)18(22)20-11-9-14-6-5-10-19-13-14/h3-8,10,12-13H,2,9,11H2,1H3,(H,20,22). The lowest BCUT2D eigenvalue weighted by Crippen LogP contribution is -2.27. The maximum absolute atomic E-state index is 12.4. The molecule has 1 amide bonds. The van der Waals surface area contributed by atoms with Crippen LogP contribution in [0.1, 0.15) is 23.0 Å². The van der Waals surface area contributed by atoms with Gasteiger partial charge in [-0.2, -0.15) is 0 Å². The van der Waals surface area contributed by atoms with Gasteiger partial charge < -0.3 is 9.88 Å². The molecule has 4 heteroatoms. The topological polar surface area (TPSA) is 46.9 Å². The number of aryl methyl sites for hydroxylation is 1. The first kappa shape index (κ1) is 14.3. The number of nitrogens with zero attached hydrogens (tertiary/aromatic N) is 2. The zero-order valence-electron chi connectivity index (χ0n) is 12.6. The highest BCUT2D eigenvalue weighted by atomic mass is 16.1. The van der Waals surface area contributed by atoms with Crippen LogP contribution in [0.25, 0.3) is 10.9 Å². The molecule has 22 heavy (non-hydrogen) atoms. The number of hydrogen-bond acceptors (Lipinski definition) is 2. The molecule has 0 spiro atoms. The Bertz CT molecular complexity index is 777. The van der Waals surface area contributed by atoms with Crippen molar-refractivity contribution in [1.29, 1.82) is 0 Å². The van der Waals surface area contributed by atoms with Crippen molar-refractivity contribution < 1.29 is 4.79 Å². The number of aromatic nitrogens is 2. The van der Waals surface area contributed by atoms with E-state index in [1.54, 1.807) is 6.20 Å². The molecule has 0 aliphatic heterocycles. The van der Waals surface area contributed by atoms with E-state index in [4.69, 9.17) is 0 Å². The molecular formula is C18H19N3O. The molecule has 2 aromatic heterocycles. The van der Waals surface area contributed by atoms with E-state index >= 15 is 0 Å². The zero-order valence-corrected chi connectivity index (χ0v) is 12.6. The number of carbonyl (C=O) groups excluding carboxylic acids is 1. The van der Waals surface area contributed by atoms with Crippen LogP contribution < -0.4 is 5.32 Å². The van der Waals surface area contributed by atoms with Gasteiger partial charge in [0.05, 0.1) is 0 Å². The fraction of sp³-hybridized carbons (Fsp3) is 0.222. The number of nitrogens with one attached hydrogen (secondary N) is 1. The van der Waals surface area contributed by atoms with Gasteiger partial charge in [-0.3, -0.25) is 9.78 Å². The second-order valence-corrected chi connectivity index (χ2v) is 5.20. The summed E-state index contributed by atoms with van der Waals surface area (Å²) in [6.07, 6.45) is 4.36. The number of fused-ring (bicyclic) bond motifs is 1. The fourth-order valence-electron chi connectivity index (χ4n) is 2.70. The molecule has 1 aromatic carbocycles. The van der Waals surface area contributed by atoms with Gasteiger partial charge in [-0.25, -0.2) is 0 Å². The monoisotopic (exact) mass is 293 g/mol. The molecule has 3 aromatic rings. The van der Waals surface area contributed by atoms with E-state index in [0.717, 1.165) is 35.1 Å². The summed E-state index contributed by atoms with van der Waals surface area (Å²) in [5.74, 6) is -0.0260. The Labute approximate surface area is 129 Å². The van der Waals surface area contributed by atoms with Crippen LogP contribution in [0.2, 0.25) is 0 Å². The molecule has 0 unspecified atom stereocenters. The van der Waals surface area contributed by atoms with Gasteiger partial charge in [-0.15, -0.1) is 0 Å². The number of benzene rings is 1. The van der Waals surface area contributed by atoms with Crippen molar-refractivity contribution >= 4 is 16.8 Å². The van der Waals surface area contributed by atoms with Gasteiger partial charge in [0.2, 0.25) is 0 Å². The molecule has 0 radical (unpaired) electrons. The van der Waals surface area contributed by atoms with Crippen molar-refractivity contribution in [2.24, 2.45) is 0 Å². The van der Waals surface area contributed by atoms with E-state index in [2.05, 4.69) is 21.8 Å². The molecule has 1 N–H and O–H groups in total. The Balaban J connectivity index is 1.72. The molecule has 0 atom stereocenters. The van der Waals surface area contributed by atoms with Gasteiger partial charge >= 0.3 is 0 Å². The SMILES string of the molecule is CCn1c(C(=O)NCCc2cccnc2)cc2ccccc21. The lowest BCUT2D eigenvalue weighted by molar-refractivity contribution is 0.0945. The summed E-state index contributed by atoms with van der Waals surface area (Å²) >= 11 is 0. The maximum Gasteiger partial charge on any atom is 0.267 e. The Morgan fingerprint density at radius 3 is 2.86 bits per heavy atom. The number of para-hydroxylation sites is 1. The van der Waals surface area contributed by atoms with E-state index in [1.165, 1.54) is 0 Å². The van der Waals surface area contributed by atoms with E-state index < -0.39 is 0 Å². The van der Waals surface area contributed by atoms with Crippen molar-refractivity contribution in [2.45, 2.75) is 19.9 Å². The third-order valence-electron chi connectivity index (χ3n) is 3.78. The molecule has 0 fully saturated rings. The Kier molecular flexibility index (Phi) is 4.19. The Hall–Kier alpha value is -2.62. The van der Waals surface area contributed by atoms with E-state index in [1.807, 2.05) is 48.7 Å². The molecule has 3 rings (SSSR count). The smallest absolute Gasteiger partial charge is 0.267 e. The lowest BCUT2D eigenvalue weighted by atomic mass is 10.2. The average Bonchev–Trinajstić information content (AvgIpc) is 2.94. The number of hydrogen-bond donors (Lipinski definition) is 1. The van der Waals surface area contributed by atoms with Gasteiger partial charge in [-0.1, -0.05) is 24.3 Å². The summed E-state index contributed by atoms with van der Waals surface area (Å²) in [6, 6.07) is 14.0. The van der Waals surface area contributed by atoms with Gasteiger partial charge in [0.25, 0.3) is 5.91 Å². The van der Waals surface area contributed by atoms with Gasteiger partial charge in [0.15, 0.2) is 0 Å². The molecular weight excluding hydrogens is 274 g/mol. The van der Waals surface area contributed by atoms with Crippen LogP contribution in [0.3, 0.4) is 0 Å².